The fraction of sp³-hybridized carbons (Fsp3) is 0.278. The third kappa shape index (κ3) is 3.66. The van der Waals surface area contributed by atoms with E-state index in [0.29, 0.717) is 17.2 Å². The summed E-state index contributed by atoms with van der Waals surface area (Å²) in [6.07, 6.45) is 1.82. The van der Waals surface area contributed by atoms with Crippen LogP contribution in [0.3, 0.4) is 0 Å². The van der Waals surface area contributed by atoms with Crippen molar-refractivity contribution in [2.24, 2.45) is 0 Å². The summed E-state index contributed by atoms with van der Waals surface area (Å²) in [7, 11) is 1.45. The van der Waals surface area contributed by atoms with E-state index < -0.39 is 10.8 Å². The molecule has 1 aliphatic rings. The predicted octanol–water partition coefficient (Wildman–Crippen LogP) is 2.86. The lowest BCUT2D eigenvalue weighted by molar-refractivity contribution is -0.385. The van der Waals surface area contributed by atoms with Crippen molar-refractivity contribution in [3.8, 4) is 5.75 Å². The lowest BCUT2D eigenvalue weighted by Crippen LogP contribution is -2.24. The highest BCUT2D eigenvalue weighted by Gasteiger charge is 2.23. The first-order valence-corrected chi connectivity index (χ1v) is 9.26. The summed E-state index contributed by atoms with van der Waals surface area (Å²) in [6.45, 7) is 1.99. The Hall–Kier alpha value is -2.58. The molecule has 0 bridgehead atoms. The van der Waals surface area contributed by atoms with Crippen LogP contribution in [0.4, 0.5) is 5.69 Å². The van der Waals surface area contributed by atoms with Crippen molar-refractivity contribution in [2.75, 3.05) is 13.4 Å². The molecule has 2 N–H and O–H groups in total. The molecule has 3 rings (SSSR count). The van der Waals surface area contributed by atoms with Crippen LogP contribution in [-0.4, -0.2) is 24.2 Å². The Kier molecular flexibility index (Phi) is 5.43. The van der Waals surface area contributed by atoms with E-state index in [-0.39, 0.29) is 11.3 Å². The largest absolute Gasteiger partial charge is 0.495 e. The highest BCUT2D eigenvalue weighted by atomic mass is 32.2. The van der Waals surface area contributed by atoms with Crippen LogP contribution < -0.4 is 15.4 Å². The zero-order valence-electron chi connectivity index (χ0n) is 14.5. The predicted molar refractivity (Wildman–Crippen MR) is 99.6 cm³/mol. The van der Waals surface area contributed by atoms with E-state index in [0.717, 1.165) is 18.7 Å². The first-order chi connectivity index (χ1) is 12.5. The minimum Gasteiger partial charge on any atom is -0.495 e. The number of carbonyl (C=O) groups excluding carboxylic acids is 1. The molecular weight excluding hydrogens is 354 g/mol. The van der Waals surface area contributed by atoms with Crippen LogP contribution in [0.2, 0.25) is 0 Å². The van der Waals surface area contributed by atoms with Crippen molar-refractivity contribution in [1.82, 2.24) is 10.6 Å². The van der Waals surface area contributed by atoms with Gasteiger partial charge in [-0.1, -0.05) is 18.2 Å². The van der Waals surface area contributed by atoms with E-state index in [2.05, 4.69) is 10.6 Å². The standard InChI is InChI=1S/C18H19N3O4S/c1-25-16-7-15(21(23)24)14(6-17(16)26-2)18(22)20-8-11-3-4-12-9-19-10-13(12)5-11/h3-7,19H,8-10H2,1-2H3,(H,20,22). The first kappa shape index (κ1) is 18.2. The lowest BCUT2D eigenvalue weighted by atomic mass is 10.1. The molecule has 0 radical (unpaired) electrons. The number of thioether (sulfide) groups is 1. The van der Waals surface area contributed by atoms with Gasteiger partial charge in [-0.2, -0.15) is 0 Å². The van der Waals surface area contributed by atoms with Crippen LogP contribution in [0.1, 0.15) is 27.0 Å². The number of rotatable bonds is 6. The summed E-state index contributed by atoms with van der Waals surface area (Å²) in [4.78, 5) is 24.0. The molecule has 1 amide bonds. The maximum Gasteiger partial charge on any atom is 0.285 e. The van der Waals surface area contributed by atoms with E-state index >= 15 is 0 Å². The Morgan fingerprint density at radius 2 is 2.08 bits per heavy atom. The Balaban J connectivity index is 1.81. The molecular formula is C18H19N3O4S. The van der Waals surface area contributed by atoms with Gasteiger partial charge < -0.3 is 15.4 Å². The van der Waals surface area contributed by atoms with Gasteiger partial charge in [0.15, 0.2) is 0 Å². The van der Waals surface area contributed by atoms with Gasteiger partial charge in [0.2, 0.25) is 0 Å². The van der Waals surface area contributed by atoms with Gasteiger partial charge in [0.1, 0.15) is 11.3 Å². The van der Waals surface area contributed by atoms with Gasteiger partial charge in [-0.05, 0) is 29.0 Å². The molecule has 0 aromatic heterocycles. The van der Waals surface area contributed by atoms with Crippen molar-refractivity contribution in [2.45, 2.75) is 24.5 Å². The van der Waals surface area contributed by atoms with Crippen LogP contribution >= 0.6 is 11.8 Å². The van der Waals surface area contributed by atoms with Crippen molar-refractivity contribution in [1.29, 1.82) is 0 Å². The number of amides is 1. The Morgan fingerprint density at radius 3 is 2.77 bits per heavy atom. The number of nitro groups is 1. The van der Waals surface area contributed by atoms with E-state index in [1.165, 1.54) is 42.1 Å². The van der Waals surface area contributed by atoms with E-state index in [4.69, 9.17) is 4.74 Å². The van der Waals surface area contributed by atoms with Crippen LogP contribution in [0.5, 0.6) is 5.75 Å². The molecule has 1 aliphatic heterocycles. The zero-order chi connectivity index (χ0) is 18.7. The third-order valence-electron chi connectivity index (χ3n) is 4.30. The Bertz CT molecular complexity index is 870. The molecule has 0 unspecified atom stereocenters. The maximum absolute atomic E-state index is 12.6. The highest BCUT2D eigenvalue weighted by Crippen LogP contribution is 2.34. The number of fused-ring (bicyclic) bond motifs is 1. The lowest BCUT2D eigenvalue weighted by Gasteiger charge is -2.11. The molecule has 26 heavy (non-hydrogen) atoms. The fourth-order valence-corrected chi connectivity index (χ4v) is 3.52. The molecule has 7 nitrogen and oxygen atoms in total. The second-order valence-corrected chi connectivity index (χ2v) is 6.72. The van der Waals surface area contributed by atoms with Crippen LogP contribution in [-0.2, 0) is 19.6 Å². The summed E-state index contributed by atoms with van der Waals surface area (Å²) in [6, 6.07) is 8.84. The molecule has 0 atom stereocenters. The normalized spacial score (nSPS) is 12.5. The number of hydrogen-bond donors (Lipinski definition) is 2. The van der Waals surface area contributed by atoms with E-state index in [1.54, 1.807) is 0 Å². The number of nitrogens with one attached hydrogen (secondary N) is 2. The molecule has 1 heterocycles. The number of nitro benzene ring substituents is 1. The number of benzene rings is 2. The molecule has 136 valence electrons. The zero-order valence-corrected chi connectivity index (χ0v) is 15.3. The summed E-state index contributed by atoms with van der Waals surface area (Å²) in [5, 5.41) is 17.4. The molecule has 0 saturated heterocycles. The van der Waals surface area contributed by atoms with Gasteiger partial charge in [0.05, 0.1) is 23.0 Å². The minimum atomic E-state index is -0.567. The number of ether oxygens (including phenoxy) is 1. The third-order valence-corrected chi connectivity index (χ3v) is 5.06. The van der Waals surface area contributed by atoms with Crippen molar-refractivity contribution in [3.63, 3.8) is 0 Å². The van der Waals surface area contributed by atoms with Crippen molar-refractivity contribution < 1.29 is 14.5 Å². The molecule has 0 spiro atoms. The molecule has 8 heteroatoms. The van der Waals surface area contributed by atoms with Gasteiger partial charge in [-0.25, -0.2) is 0 Å². The van der Waals surface area contributed by atoms with Crippen LogP contribution in [0.25, 0.3) is 0 Å². The summed E-state index contributed by atoms with van der Waals surface area (Å²) in [5.74, 6) is -0.0971. The molecule has 0 fully saturated rings. The highest BCUT2D eigenvalue weighted by molar-refractivity contribution is 7.98. The second-order valence-electron chi connectivity index (χ2n) is 5.87. The molecule has 0 saturated carbocycles. The fourth-order valence-electron chi connectivity index (χ4n) is 2.94. The van der Waals surface area contributed by atoms with Gasteiger partial charge in [-0.3, -0.25) is 14.9 Å². The SMILES string of the molecule is COc1cc([N+](=O)[O-])c(C(=O)NCc2ccc3c(c2)CNC3)cc1SC. The summed E-state index contributed by atoms with van der Waals surface area (Å²) in [5.41, 5.74) is 3.20. The monoisotopic (exact) mass is 373 g/mol. The second kappa shape index (κ2) is 7.76. The number of carbonyl (C=O) groups is 1. The Labute approximate surface area is 155 Å². The van der Waals surface area contributed by atoms with Crippen LogP contribution in [0, 0.1) is 10.1 Å². The number of hydrogen-bond acceptors (Lipinski definition) is 6. The topological polar surface area (TPSA) is 93.5 Å². The van der Waals surface area contributed by atoms with Gasteiger partial charge in [-0.15, -0.1) is 11.8 Å². The van der Waals surface area contributed by atoms with E-state index in [1.807, 2.05) is 24.5 Å². The number of nitrogens with zero attached hydrogens (tertiary/aromatic N) is 1. The summed E-state index contributed by atoms with van der Waals surface area (Å²) >= 11 is 1.37. The maximum atomic E-state index is 12.6. The number of methoxy groups -OCH3 is 1. The van der Waals surface area contributed by atoms with Crippen molar-refractivity contribution in [3.05, 3.63) is 62.7 Å². The van der Waals surface area contributed by atoms with Gasteiger partial charge >= 0.3 is 0 Å². The average molecular weight is 373 g/mol. The van der Waals surface area contributed by atoms with Crippen molar-refractivity contribution >= 4 is 23.4 Å². The minimum absolute atomic E-state index is 0.0305. The van der Waals surface area contributed by atoms with Crippen LogP contribution in [0.15, 0.2) is 35.2 Å². The smallest absolute Gasteiger partial charge is 0.285 e. The average Bonchev–Trinajstić information content (AvgIpc) is 3.12. The van der Waals surface area contributed by atoms with Gasteiger partial charge in [0, 0.05) is 19.6 Å². The van der Waals surface area contributed by atoms with Gasteiger partial charge in [0.25, 0.3) is 11.6 Å². The first-order valence-electron chi connectivity index (χ1n) is 8.03. The summed E-state index contributed by atoms with van der Waals surface area (Å²) < 4.78 is 5.17. The Morgan fingerprint density at radius 1 is 1.31 bits per heavy atom. The molecule has 2 aromatic carbocycles. The quantitative estimate of drug-likeness (QED) is 0.459. The molecule has 2 aromatic rings. The van der Waals surface area contributed by atoms with E-state index in [9.17, 15) is 14.9 Å². The molecule has 0 aliphatic carbocycles.